The zero-order chi connectivity index (χ0) is 18.0. The molecule has 0 saturated heterocycles. The quantitative estimate of drug-likeness (QED) is 0.663. The van der Waals surface area contributed by atoms with Gasteiger partial charge < -0.3 is 9.47 Å². The molecule has 0 aromatic heterocycles. The van der Waals surface area contributed by atoms with E-state index in [4.69, 9.17) is 21.1 Å². The second-order valence-corrected chi connectivity index (χ2v) is 7.16. The van der Waals surface area contributed by atoms with Gasteiger partial charge in [-0.1, -0.05) is 44.5 Å². The van der Waals surface area contributed by atoms with Gasteiger partial charge in [0.2, 0.25) is 6.79 Å². The summed E-state index contributed by atoms with van der Waals surface area (Å²) >= 11 is 6.16. The molecule has 1 amide bonds. The normalized spacial score (nSPS) is 13.3. The fourth-order valence-electron chi connectivity index (χ4n) is 2.38. The van der Waals surface area contributed by atoms with Gasteiger partial charge in [-0.25, -0.2) is 5.43 Å². The molecule has 0 radical (unpaired) electrons. The van der Waals surface area contributed by atoms with Crippen LogP contribution in [0.3, 0.4) is 0 Å². The van der Waals surface area contributed by atoms with E-state index in [-0.39, 0.29) is 18.1 Å². The van der Waals surface area contributed by atoms with Crippen LogP contribution in [0, 0.1) is 0 Å². The van der Waals surface area contributed by atoms with E-state index in [1.807, 2.05) is 12.1 Å². The number of halogens is 1. The Morgan fingerprint density at radius 2 is 1.80 bits per heavy atom. The van der Waals surface area contributed by atoms with Crippen LogP contribution in [-0.2, 0) is 5.41 Å². The Morgan fingerprint density at radius 1 is 1.16 bits per heavy atom. The van der Waals surface area contributed by atoms with Crippen molar-refractivity contribution in [2.24, 2.45) is 5.10 Å². The molecule has 0 bridgehead atoms. The van der Waals surface area contributed by atoms with E-state index >= 15 is 0 Å². The molecule has 0 unspecified atom stereocenters. The largest absolute Gasteiger partial charge is 0.454 e. The Labute approximate surface area is 151 Å². The van der Waals surface area contributed by atoms with Crippen LogP contribution in [0.5, 0.6) is 11.5 Å². The second-order valence-electron chi connectivity index (χ2n) is 6.75. The first-order valence-corrected chi connectivity index (χ1v) is 8.25. The zero-order valence-corrected chi connectivity index (χ0v) is 15.1. The second kappa shape index (κ2) is 6.76. The Bertz CT molecular complexity index is 824. The van der Waals surface area contributed by atoms with Crippen LogP contribution in [0.2, 0.25) is 5.02 Å². The lowest BCUT2D eigenvalue weighted by Gasteiger charge is -2.18. The lowest BCUT2D eigenvalue weighted by Crippen LogP contribution is -2.18. The van der Waals surface area contributed by atoms with Gasteiger partial charge >= 0.3 is 0 Å². The van der Waals surface area contributed by atoms with Crippen molar-refractivity contribution >= 4 is 23.7 Å². The third kappa shape index (κ3) is 3.94. The number of carbonyl (C=O) groups excluding carboxylic acids is 1. The predicted molar refractivity (Wildman–Crippen MR) is 97.8 cm³/mol. The molecule has 0 atom stereocenters. The molecule has 2 aromatic rings. The van der Waals surface area contributed by atoms with Crippen LogP contribution < -0.4 is 14.9 Å². The van der Waals surface area contributed by atoms with Gasteiger partial charge in [0.1, 0.15) is 0 Å². The summed E-state index contributed by atoms with van der Waals surface area (Å²) in [6.45, 7) is 6.55. The zero-order valence-electron chi connectivity index (χ0n) is 14.3. The topological polar surface area (TPSA) is 59.9 Å². The van der Waals surface area contributed by atoms with Crippen molar-refractivity contribution < 1.29 is 14.3 Å². The van der Waals surface area contributed by atoms with Crippen LogP contribution in [0.1, 0.15) is 42.3 Å². The highest BCUT2D eigenvalue weighted by Crippen LogP contribution is 2.36. The molecule has 2 aromatic carbocycles. The summed E-state index contributed by atoms with van der Waals surface area (Å²) in [5.41, 5.74) is 4.89. The van der Waals surface area contributed by atoms with Crippen LogP contribution in [-0.4, -0.2) is 18.9 Å². The van der Waals surface area contributed by atoms with Crippen LogP contribution in [0.25, 0.3) is 0 Å². The van der Waals surface area contributed by atoms with Crippen molar-refractivity contribution in [3.8, 4) is 11.5 Å². The lowest BCUT2D eigenvalue weighted by atomic mass is 9.87. The van der Waals surface area contributed by atoms with Crippen LogP contribution >= 0.6 is 11.6 Å². The van der Waals surface area contributed by atoms with Crippen molar-refractivity contribution in [2.75, 3.05) is 6.79 Å². The van der Waals surface area contributed by atoms with E-state index in [1.165, 1.54) is 11.8 Å². The van der Waals surface area contributed by atoms with Gasteiger partial charge in [0.25, 0.3) is 5.91 Å². The molecule has 1 N–H and O–H groups in total. The maximum atomic E-state index is 12.2. The molecule has 6 heteroatoms. The fraction of sp³-hybridized carbons (Fsp3) is 0.263. The minimum Gasteiger partial charge on any atom is -0.454 e. The van der Waals surface area contributed by atoms with E-state index in [0.717, 1.165) is 0 Å². The fourth-order valence-corrected chi connectivity index (χ4v) is 2.58. The molecule has 3 rings (SSSR count). The summed E-state index contributed by atoms with van der Waals surface area (Å²) < 4.78 is 10.5. The highest BCUT2D eigenvalue weighted by Gasteiger charge is 2.16. The van der Waals surface area contributed by atoms with E-state index < -0.39 is 0 Å². The predicted octanol–water partition coefficient (Wildman–Crippen LogP) is 4.13. The number of ether oxygens (including phenoxy) is 2. The Hall–Kier alpha value is -2.53. The summed E-state index contributed by atoms with van der Waals surface area (Å²) in [5, 5.41) is 4.44. The number of amides is 1. The number of carbonyl (C=O) groups is 1. The Balaban J connectivity index is 1.67. The minimum absolute atomic E-state index is 0.0449. The number of fused-ring (bicyclic) bond motifs is 1. The summed E-state index contributed by atoms with van der Waals surface area (Å²) in [6, 6.07) is 10.9. The van der Waals surface area contributed by atoms with Gasteiger partial charge in [0.15, 0.2) is 11.5 Å². The first-order chi connectivity index (χ1) is 11.8. The first-order valence-electron chi connectivity index (χ1n) is 7.88. The van der Waals surface area contributed by atoms with Gasteiger partial charge in [-0.05, 0) is 29.2 Å². The molecule has 1 aliphatic heterocycles. The highest BCUT2D eigenvalue weighted by molar-refractivity contribution is 6.33. The maximum absolute atomic E-state index is 12.2. The van der Waals surface area contributed by atoms with E-state index in [9.17, 15) is 4.79 Å². The van der Waals surface area contributed by atoms with E-state index in [0.29, 0.717) is 27.6 Å². The highest BCUT2D eigenvalue weighted by atomic mass is 35.5. The summed E-state index contributed by atoms with van der Waals surface area (Å²) in [4.78, 5) is 12.2. The van der Waals surface area contributed by atoms with Crippen molar-refractivity contribution in [1.82, 2.24) is 5.43 Å². The molecule has 1 aliphatic rings. The van der Waals surface area contributed by atoms with Gasteiger partial charge in [-0.2, -0.15) is 5.10 Å². The minimum atomic E-state index is -0.284. The summed E-state index contributed by atoms with van der Waals surface area (Å²) in [5.74, 6) is 0.925. The first kappa shape index (κ1) is 17.3. The number of benzene rings is 2. The number of hydrazone groups is 1. The van der Waals surface area contributed by atoms with Crippen molar-refractivity contribution in [3.05, 3.63) is 58.1 Å². The van der Waals surface area contributed by atoms with E-state index in [1.54, 1.807) is 24.3 Å². The number of hydrogen-bond donors (Lipinski definition) is 1. The molecule has 0 saturated carbocycles. The molecule has 5 nitrogen and oxygen atoms in total. The molecular weight excluding hydrogens is 340 g/mol. The average Bonchev–Trinajstić information content (AvgIpc) is 3.01. The standard InChI is InChI=1S/C19H19ClN2O3/c1-19(2,3)14-6-4-12(5-7-14)18(23)22-21-10-13-8-16-17(9-15(13)20)25-11-24-16/h4-10H,11H2,1-3H3,(H,22,23)/b21-10+. The molecule has 130 valence electrons. The third-order valence-corrected chi connectivity index (χ3v) is 4.20. The van der Waals surface area contributed by atoms with Crippen molar-refractivity contribution in [2.45, 2.75) is 26.2 Å². The smallest absolute Gasteiger partial charge is 0.271 e. The van der Waals surface area contributed by atoms with Gasteiger partial charge in [-0.15, -0.1) is 0 Å². The number of rotatable bonds is 3. The molecule has 25 heavy (non-hydrogen) atoms. The molecule has 0 spiro atoms. The number of nitrogens with one attached hydrogen (secondary N) is 1. The third-order valence-electron chi connectivity index (χ3n) is 3.87. The van der Waals surface area contributed by atoms with Gasteiger partial charge in [-0.3, -0.25) is 4.79 Å². The average molecular weight is 359 g/mol. The summed E-state index contributed by atoms with van der Waals surface area (Å²) in [7, 11) is 0. The maximum Gasteiger partial charge on any atom is 0.271 e. The number of nitrogens with zero attached hydrogens (tertiary/aromatic N) is 1. The SMILES string of the molecule is CC(C)(C)c1ccc(C(=O)N/N=C/c2cc3c(cc2Cl)OCO3)cc1. The Kier molecular flexibility index (Phi) is 4.68. The summed E-state index contributed by atoms with van der Waals surface area (Å²) in [6.07, 6.45) is 1.48. The number of hydrogen-bond acceptors (Lipinski definition) is 4. The molecule has 1 heterocycles. The molecular formula is C19H19ClN2O3. The van der Waals surface area contributed by atoms with Gasteiger partial charge in [0.05, 0.1) is 11.2 Å². The Morgan fingerprint density at radius 3 is 2.44 bits per heavy atom. The van der Waals surface area contributed by atoms with Gasteiger partial charge in [0, 0.05) is 17.2 Å². The van der Waals surface area contributed by atoms with E-state index in [2.05, 4.69) is 31.3 Å². The van der Waals surface area contributed by atoms with Crippen LogP contribution in [0.15, 0.2) is 41.5 Å². The monoisotopic (exact) mass is 358 g/mol. The van der Waals surface area contributed by atoms with Crippen molar-refractivity contribution in [3.63, 3.8) is 0 Å². The van der Waals surface area contributed by atoms with Crippen molar-refractivity contribution in [1.29, 1.82) is 0 Å². The van der Waals surface area contributed by atoms with Crippen LogP contribution in [0.4, 0.5) is 0 Å². The lowest BCUT2D eigenvalue weighted by molar-refractivity contribution is 0.0955. The molecule has 0 aliphatic carbocycles. The molecule has 0 fully saturated rings.